The van der Waals surface area contributed by atoms with Crippen LogP contribution in [0.3, 0.4) is 0 Å². The molecule has 0 saturated heterocycles. The predicted octanol–water partition coefficient (Wildman–Crippen LogP) is 2.04. The van der Waals surface area contributed by atoms with Crippen molar-refractivity contribution in [2.24, 2.45) is 5.92 Å². The molecule has 1 amide bonds. The normalized spacial score (nSPS) is 17.4. The van der Waals surface area contributed by atoms with Crippen LogP contribution in [0, 0.1) is 12.8 Å². The SMILES string of the molecule is Cc1ccccc1CN(C)C(=O)C(C)N(C)CC(O)C1CC1. The molecule has 0 aliphatic heterocycles. The van der Waals surface area contributed by atoms with E-state index in [0.717, 1.165) is 12.8 Å². The summed E-state index contributed by atoms with van der Waals surface area (Å²) in [6.45, 7) is 5.16. The maximum atomic E-state index is 12.6. The van der Waals surface area contributed by atoms with Gasteiger partial charge in [0.25, 0.3) is 0 Å². The summed E-state index contributed by atoms with van der Waals surface area (Å²) in [6.07, 6.45) is 1.93. The van der Waals surface area contributed by atoms with E-state index in [0.29, 0.717) is 19.0 Å². The first kappa shape index (κ1) is 17.0. The van der Waals surface area contributed by atoms with Crippen molar-refractivity contribution in [1.29, 1.82) is 0 Å². The molecule has 0 aromatic heterocycles. The van der Waals surface area contributed by atoms with Crippen LogP contribution in [0.2, 0.25) is 0 Å². The summed E-state index contributed by atoms with van der Waals surface area (Å²) in [4.78, 5) is 16.3. The number of benzene rings is 1. The van der Waals surface area contributed by atoms with Crippen molar-refractivity contribution in [3.63, 3.8) is 0 Å². The minimum atomic E-state index is -0.304. The average molecular weight is 304 g/mol. The summed E-state index contributed by atoms with van der Waals surface area (Å²) in [5.41, 5.74) is 2.37. The van der Waals surface area contributed by atoms with E-state index >= 15 is 0 Å². The van der Waals surface area contributed by atoms with Crippen LogP contribution in [-0.2, 0) is 11.3 Å². The number of aliphatic hydroxyl groups is 1. The van der Waals surface area contributed by atoms with Gasteiger partial charge in [0.15, 0.2) is 0 Å². The Labute approximate surface area is 133 Å². The van der Waals surface area contributed by atoms with E-state index in [4.69, 9.17) is 0 Å². The lowest BCUT2D eigenvalue weighted by Gasteiger charge is -2.30. The maximum absolute atomic E-state index is 12.6. The van der Waals surface area contributed by atoms with E-state index in [2.05, 4.69) is 19.1 Å². The number of carbonyl (C=O) groups is 1. The highest BCUT2D eigenvalue weighted by molar-refractivity contribution is 5.81. The van der Waals surface area contributed by atoms with Gasteiger partial charge in [-0.2, -0.15) is 0 Å². The second-order valence-electron chi connectivity index (χ2n) is 6.64. The molecular weight excluding hydrogens is 276 g/mol. The van der Waals surface area contributed by atoms with E-state index in [1.165, 1.54) is 11.1 Å². The molecule has 2 unspecified atom stereocenters. The predicted molar refractivity (Wildman–Crippen MR) is 88.5 cm³/mol. The summed E-state index contributed by atoms with van der Waals surface area (Å²) in [5, 5.41) is 10.0. The van der Waals surface area contributed by atoms with Gasteiger partial charge in [0, 0.05) is 20.1 Å². The zero-order valence-corrected chi connectivity index (χ0v) is 14.1. The summed E-state index contributed by atoms with van der Waals surface area (Å²) in [6, 6.07) is 7.92. The molecule has 22 heavy (non-hydrogen) atoms. The zero-order valence-electron chi connectivity index (χ0n) is 14.1. The molecule has 4 heteroatoms. The summed E-state index contributed by atoms with van der Waals surface area (Å²) >= 11 is 0. The average Bonchev–Trinajstić information content (AvgIpc) is 3.32. The smallest absolute Gasteiger partial charge is 0.239 e. The standard InChI is InChI=1S/C18H28N2O2/c1-13-7-5-6-8-16(13)11-20(4)18(22)14(2)19(3)12-17(21)15-9-10-15/h5-8,14-15,17,21H,9-12H2,1-4H3. The molecule has 0 bridgehead atoms. The molecule has 1 fully saturated rings. The van der Waals surface area contributed by atoms with Crippen LogP contribution in [0.25, 0.3) is 0 Å². The largest absolute Gasteiger partial charge is 0.392 e. The fourth-order valence-corrected chi connectivity index (χ4v) is 2.71. The molecule has 0 heterocycles. The van der Waals surface area contributed by atoms with Crippen molar-refractivity contribution in [1.82, 2.24) is 9.80 Å². The Hall–Kier alpha value is -1.39. The topological polar surface area (TPSA) is 43.8 Å². The molecule has 1 saturated carbocycles. The third kappa shape index (κ3) is 4.31. The Morgan fingerprint density at radius 1 is 1.32 bits per heavy atom. The number of hydrogen-bond acceptors (Lipinski definition) is 3. The Morgan fingerprint density at radius 2 is 1.95 bits per heavy atom. The highest BCUT2D eigenvalue weighted by Crippen LogP contribution is 2.32. The van der Waals surface area contributed by atoms with Crippen LogP contribution in [0.15, 0.2) is 24.3 Å². The van der Waals surface area contributed by atoms with Crippen LogP contribution in [-0.4, -0.2) is 53.6 Å². The molecule has 2 rings (SSSR count). The molecule has 1 aromatic carbocycles. The number of hydrogen-bond donors (Lipinski definition) is 1. The lowest BCUT2D eigenvalue weighted by Crippen LogP contribution is -2.46. The van der Waals surface area contributed by atoms with Crippen molar-refractivity contribution in [3.8, 4) is 0 Å². The van der Waals surface area contributed by atoms with Crippen molar-refractivity contribution >= 4 is 5.91 Å². The Kier molecular flexibility index (Phi) is 5.59. The lowest BCUT2D eigenvalue weighted by molar-refractivity contribution is -0.135. The van der Waals surface area contributed by atoms with Gasteiger partial charge in [-0.1, -0.05) is 24.3 Å². The molecular formula is C18H28N2O2. The van der Waals surface area contributed by atoms with E-state index in [1.807, 2.05) is 38.1 Å². The van der Waals surface area contributed by atoms with Gasteiger partial charge >= 0.3 is 0 Å². The van der Waals surface area contributed by atoms with Gasteiger partial charge < -0.3 is 10.0 Å². The van der Waals surface area contributed by atoms with Crippen LogP contribution >= 0.6 is 0 Å². The molecule has 2 atom stereocenters. The number of nitrogens with zero attached hydrogens (tertiary/aromatic N) is 2. The monoisotopic (exact) mass is 304 g/mol. The van der Waals surface area contributed by atoms with Gasteiger partial charge in [0.1, 0.15) is 0 Å². The van der Waals surface area contributed by atoms with Crippen LogP contribution in [0.5, 0.6) is 0 Å². The Balaban J connectivity index is 1.89. The Morgan fingerprint density at radius 3 is 2.55 bits per heavy atom. The van der Waals surface area contributed by atoms with Crippen molar-refractivity contribution < 1.29 is 9.90 Å². The zero-order chi connectivity index (χ0) is 16.3. The molecule has 4 nitrogen and oxygen atoms in total. The number of aliphatic hydroxyl groups excluding tert-OH is 1. The van der Waals surface area contributed by atoms with Gasteiger partial charge in [-0.05, 0) is 50.8 Å². The first-order valence-electron chi connectivity index (χ1n) is 8.08. The van der Waals surface area contributed by atoms with Gasteiger partial charge in [0.2, 0.25) is 5.91 Å². The second-order valence-corrected chi connectivity index (χ2v) is 6.64. The number of aryl methyl sites for hydroxylation is 1. The van der Waals surface area contributed by atoms with Gasteiger partial charge in [-0.15, -0.1) is 0 Å². The van der Waals surface area contributed by atoms with Crippen molar-refractivity contribution in [3.05, 3.63) is 35.4 Å². The van der Waals surface area contributed by atoms with E-state index in [1.54, 1.807) is 4.90 Å². The molecule has 1 aromatic rings. The van der Waals surface area contributed by atoms with E-state index in [9.17, 15) is 9.90 Å². The van der Waals surface area contributed by atoms with Crippen LogP contribution in [0.4, 0.5) is 0 Å². The fraction of sp³-hybridized carbons (Fsp3) is 0.611. The lowest BCUT2D eigenvalue weighted by atomic mass is 10.1. The van der Waals surface area contributed by atoms with Gasteiger partial charge in [-0.3, -0.25) is 9.69 Å². The number of likely N-dealkylation sites (N-methyl/N-ethyl adjacent to an activating group) is 2. The molecule has 1 aliphatic rings. The highest BCUT2D eigenvalue weighted by atomic mass is 16.3. The fourth-order valence-electron chi connectivity index (χ4n) is 2.71. The minimum Gasteiger partial charge on any atom is -0.392 e. The second kappa shape index (κ2) is 7.25. The molecule has 0 radical (unpaired) electrons. The molecule has 0 spiro atoms. The van der Waals surface area contributed by atoms with E-state index in [-0.39, 0.29) is 18.1 Å². The van der Waals surface area contributed by atoms with Crippen LogP contribution in [0.1, 0.15) is 30.9 Å². The molecule has 1 N–H and O–H groups in total. The number of carbonyl (C=O) groups excluding carboxylic acids is 1. The van der Waals surface area contributed by atoms with Crippen LogP contribution < -0.4 is 0 Å². The summed E-state index contributed by atoms with van der Waals surface area (Å²) < 4.78 is 0. The quantitative estimate of drug-likeness (QED) is 0.838. The highest BCUT2D eigenvalue weighted by Gasteiger charge is 2.32. The molecule has 1 aliphatic carbocycles. The van der Waals surface area contributed by atoms with Gasteiger partial charge in [-0.25, -0.2) is 0 Å². The summed E-state index contributed by atoms with van der Waals surface area (Å²) in [5.74, 6) is 0.531. The van der Waals surface area contributed by atoms with E-state index < -0.39 is 0 Å². The number of rotatable bonds is 7. The number of amides is 1. The van der Waals surface area contributed by atoms with Crippen molar-refractivity contribution in [2.75, 3.05) is 20.6 Å². The maximum Gasteiger partial charge on any atom is 0.239 e. The minimum absolute atomic E-state index is 0.0914. The first-order valence-corrected chi connectivity index (χ1v) is 8.08. The Bertz CT molecular complexity index is 514. The van der Waals surface area contributed by atoms with Crippen molar-refractivity contribution in [2.45, 2.75) is 45.4 Å². The van der Waals surface area contributed by atoms with Gasteiger partial charge in [0.05, 0.1) is 12.1 Å². The molecule has 122 valence electrons. The first-order chi connectivity index (χ1) is 10.4. The third-order valence-electron chi connectivity index (χ3n) is 4.70. The third-order valence-corrected chi connectivity index (χ3v) is 4.70. The summed E-state index contributed by atoms with van der Waals surface area (Å²) in [7, 11) is 3.76.